The van der Waals surface area contributed by atoms with Crippen LogP contribution in [0.15, 0.2) is 76.8 Å². The SMILES string of the molecule is O=C1NC(=O)N(c2ccc(F)cc2)C(=O)/C1=C/c1cc(Br)c(OCc2ccccc2)c(I)c1. The molecular weight excluding hydrogens is 606 g/mol. The first-order valence-electron chi connectivity index (χ1n) is 9.66. The van der Waals surface area contributed by atoms with Gasteiger partial charge in [-0.2, -0.15) is 0 Å². The number of rotatable bonds is 5. The molecule has 0 radical (unpaired) electrons. The van der Waals surface area contributed by atoms with Crippen LogP contribution in [0.2, 0.25) is 0 Å². The topological polar surface area (TPSA) is 75.7 Å². The molecule has 3 aromatic carbocycles. The summed E-state index contributed by atoms with van der Waals surface area (Å²) in [7, 11) is 0. The maximum Gasteiger partial charge on any atom is 0.335 e. The number of amides is 4. The summed E-state index contributed by atoms with van der Waals surface area (Å²) in [6, 6.07) is 17.1. The van der Waals surface area contributed by atoms with Crippen molar-refractivity contribution in [3.05, 3.63) is 97.3 Å². The van der Waals surface area contributed by atoms with Crippen molar-refractivity contribution in [3.8, 4) is 5.75 Å². The molecule has 0 spiro atoms. The summed E-state index contributed by atoms with van der Waals surface area (Å²) in [5.41, 5.74) is 1.50. The molecule has 166 valence electrons. The molecule has 4 rings (SSSR count). The van der Waals surface area contributed by atoms with Crippen LogP contribution in [0.5, 0.6) is 5.75 Å². The summed E-state index contributed by atoms with van der Waals surface area (Å²) in [6.07, 6.45) is 1.40. The van der Waals surface area contributed by atoms with Crippen molar-refractivity contribution in [2.45, 2.75) is 6.61 Å². The molecule has 1 N–H and O–H groups in total. The lowest BCUT2D eigenvalue weighted by atomic mass is 10.1. The lowest BCUT2D eigenvalue weighted by molar-refractivity contribution is -0.122. The first-order chi connectivity index (χ1) is 15.8. The van der Waals surface area contributed by atoms with Crippen molar-refractivity contribution in [2.24, 2.45) is 0 Å². The predicted octanol–water partition coefficient (Wildman–Crippen LogP) is 5.44. The van der Waals surface area contributed by atoms with E-state index in [4.69, 9.17) is 4.74 Å². The number of halogens is 3. The molecule has 4 amide bonds. The van der Waals surface area contributed by atoms with E-state index in [0.717, 1.165) is 26.2 Å². The Hall–Kier alpha value is -3.05. The fraction of sp³-hybridized carbons (Fsp3) is 0.0417. The van der Waals surface area contributed by atoms with Crippen LogP contribution in [0, 0.1) is 9.39 Å². The Bertz CT molecular complexity index is 1260. The second kappa shape index (κ2) is 9.84. The normalized spacial score (nSPS) is 15.1. The minimum atomic E-state index is -0.894. The Balaban J connectivity index is 1.61. The van der Waals surface area contributed by atoms with Gasteiger partial charge in [0.2, 0.25) is 0 Å². The van der Waals surface area contributed by atoms with E-state index in [1.54, 1.807) is 12.1 Å². The number of carbonyl (C=O) groups is 3. The molecule has 33 heavy (non-hydrogen) atoms. The van der Waals surface area contributed by atoms with Gasteiger partial charge in [-0.25, -0.2) is 14.1 Å². The zero-order chi connectivity index (χ0) is 23.5. The van der Waals surface area contributed by atoms with Crippen molar-refractivity contribution in [1.29, 1.82) is 0 Å². The third kappa shape index (κ3) is 5.14. The second-order valence-electron chi connectivity index (χ2n) is 7.02. The van der Waals surface area contributed by atoms with Gasteiger partial charge in [-0.05, 0) is 92.1 Å². The molecule has 0 saturated carbocycles. The number of urea groups is 1. The van der Waals surface area contributed by atoms with Gasteiger partial charge in [-0.15, -0.1) is 0 Å². The van der Waals surface area contributed by atoms with E-state index in [1.807, 2.05) is 30.3 Å². The zero-order valence-electron chi connectivity index (χ0n) is 16.8. The first kappa shape index (κ1) is 23.1. The summed E-state index contributed by atoms with van der Waals surface area (Å²) in [4.78, 5) is 38.4. The van der Waals surface area contributed by atoms with Gasteiger partial charge in [-0.1, -0.05) is 30.3 Å². The van der Waals surface area contributed by atoms with Gasteiger partial charge in [0, 0.05) is 0 Å². The van der Waals surface area contributed by atoms with Crippen molar-refractivity contribution in [2.75, 3.05) is 4.90 Å². The number of ether oxygens (including phenoxy) is 1. The molecular formula is C24H15BrFIN2O4. The van der Waals surface area contributed by atoms with Crippen LogP contribution in [-0.4, -0.2) is 17.8 Å². The summed E-state index contributed by atoms with van der Waals surface area (Å²) in [6.45, 7) is 0.380. The standard InChI is InChI=1S/C24H15BrFIN2O4/c25-19-11-15(12-20(27)21(19)33-13-14-4-2-1-3-5-14)10-18-22(30)28-24(32)29(23(18)31)17-8-6-16(26)7-9-17/h1-12H,13H2,(H,28,30,32)/b18-10+. The summed E-state index contributed by atoms with van der Waals surface area (Å²) < 4.78 is 20.6. The van der Waals surface area contributed by atoms with Gasteiger partial charge < -0.3 is 4.74 Å². The van der Waals surface area contributed by atoms with Crippen molar-refractivity contribution >= 4 is 68.1 Å². The number of hydrogen-bond acceptors (Lipinski definition) is 4. The predicted molar refractivity (Wildman–Crippen MR) is 133 cm³/mol. The second-order valence-corrected chi connectivity index (χ2v) is 9.04. The molecule has 0 aliphatic carbocycles. The number of hydrogen-bond donors (Lipinski definition) is 1. The van der Waals surface area contributed by atoms with Gasteiger partial charge in [0.25, 0.3) is 11.8 Å². The Kier molecular flexibility index (Phi) is 6.89. The molecule has 0 unspecified atom stereocenters. The molecule has 3 aromatic rings. The molecule has 9 heteroatoms. The van der Waals surface area contributed by atoms with Crippen LogP contribution >= 0.6 is 38.5 Å². The van der Waals surface area contributed by atoms with E-state index < -0.39 is 23.7 Å². The average Bonchev–Trinajstić information content (AvgIpc) is 2.78. The lowest BCUT2D eigenvalue weighted by Gasteiger charge is -2.26. The van der Waals surface area contributed by atoms with E-state index in [1.165, 1.54) is 18.2 Å². The number of nitrogens with zero attached hydrogens (tertiary/aromatic N) is 1. The van der Waals surface area contributed by atoms with Crippen LogP contribution < -0.4 is 15.0 Å². The molecule has 0 bridgehead atoms. The number of imide groups is 2. The highest BCUT2D eigenvalue weighted by atomic mass is 127. The van der Waals surface area contributed by atoms with Gasteiger partial charge in [-0.3, -0.25) is 14.9 Å². The van der Waals surface area contributed by atoms with Crippen LogP contribution in [-0.2, 0) is 16.2 Å². The van der Waals surface area contributed by atoms with Crippen molar-refractivity contribution in [1.82, 2.24) is 5.32 Å². The van der Waals surface area contributed by atoms with E-state index in [2.05, 4.69) is 43.8 Å². The molecule has 6 nitrogen and oxygen atoms in total. The lowest BCUT2D eigenvalue weighted by Crippen LogP contribution is -2.54. The van der Waals surface area contributed by atoms with Crippen LogP contribution in [0.4, 0.5) is 14.9 Å². The fourth-order valence-electron chi connectivity index (χ4n) is 3.18. The first-order valence-corrected chi connectivity index (χ1v) is 11.5. The Labute approximate surface area is 210 Å². The highest BCUT2D eigenvalue weighted by Crippen LogP contribution is 2.34. The van der Waals surface area contributed by atoms with Gasteiger partial charge in [0.1, 0.15) is 23.7 Å². The average molecular weight is 621 g/mol. The zero-order valence-corrected chi connectivity index (χ0v) is 20.6. The third-order valence-electron chi connectivity index (χ3n) is 4.74. The Morgan fingerprint density at radius 1 is 1.03 bits per heavy atom. The number of carbonyl (C=O) groups excluding carboxylic acids is 3. The Morgan fingerprint density at radius 2 is 1.73 bits per heavy atom. The summed E-state index contributed by atoms with van der Waals surface area (Å²) in [5, 5.41) is 2.15. The molecule has 1 aliphatic heterocycles. The minimum Gasteiger partial charge on any atom is -0.487 e. The molecule has 1 aliphatic rings. The molecule has 1 fully saturated rings. The molecule has 0 aromatic heterocycles. The highest BCUT2D eigenvalue weighted by Gasteiger charge is 2.36. The van der Waals surface area contributed by atoms with E-state index in [0.29, 0.717) is 22.4 Å². The summed E-state index contributed by atoms with van der Waals surface area (Å²) in [5.74, 6) is -1.49. The van der Waals surface area contributed by atoms with Crippen LogP contribution in [0.1, 0.15) is 11.1 Å². The Morgan fingerprint density at radius 3 is 2.39 bits per heavy atom. The van der Waals surface area contributed by atoms with Crippen molar-refractivity contribution in [3.63, 3.8) is 0 Å². The van der Waals surface area contributed by atoms with E-state index in [9.17, 15) is 18.8 Å². The van der Waals surface area contributed by atoms with Crippen LogP contribution in [0.3, 0.4) is 0 Å². The third-order valence-corrected chi connectivity index (χ3v) is 6.13. The largest absolute Gasteiger partial charge is 0.487 e. The van der Waals surface area contributed by atoms with Crippen molar-refractivity contribution < 1.29 is 23.5 Å². The van der Waals surface area contributed by atoms with Gasteiger partial charge in [0.15, 0.2) is 0 Å². The smallest absolute Gasteiger partial charge is 0.335 e. The maximum absolute atomic E-state index is 13.2. The van der Waals surface area contributed by atoms with E-state index in [-0.39, 0.29) is 11.3 Å². The number of nitrogens with one attached hydrogen (secondary N) is 1. The molecule has 1 saturated heterocycles. The molecule has 1 heterocycles. The molecule has 0 atom stereocenters. The highest BCUT2D eigenvalue weighted by molar-refractivity contribution is 14.1. The maximum atomic E-state index is 13.2. The summed E-state index contributed by atoms with van der Waals surface area (Å²) >= 11 is 5.60. The minimum absolute atomic E-state index is 0.151. The van der Waals surface area contributed by atoms with Gasteiger partial charge in [0.05, 0.1) is 13.7 Å². The number of barbiturate groups is 1. The quantitative estimate of drug-likeness (QED) is 0.234. The monoisotopic (exact) mass is 620 g/mol. The number of benzene rings is 3. The number of anilines is 1. The van der Waals surface area contributed by atoms with E-state index >= 15 is 0 Å². The van der Waals surface area contributed by atoms with Gasteiger partial charge >= 0.3 is 6.03 Å². The van der Waals surface area contributed by atoms with Crippen LogP contribution in [0.25, 0.3) is 6.08 Å². The fourth-order valence-corrected chi connectivity index (χ4v) is 4.95.